The van der Waals surface area contributed by atoms with E-state index in [9.17, 15) is 4.79 Å². The maximum absolute atomic E-state index is 12.2. The Balaban J connectivity index is 1.37. The summed E-state index contributed by atoms with van der Waals surface area (Å²) in [4.78, 5) is 16.8. The van der Waals surface area contributed by atoms with Gasteiger partial charge in [-0.3, -0.25) is 4.79 Å². The molecular formula is C21H23N3O2. The first-order valence-electron chi connectivity index (χ1n) is 9.07. The van der Waals surface area contributed by atoms with E-state index in [0.29, 0.717) is 18.1 Å². The fourth-order valence-corrected chi connectivity index (χ4v) is 3.14. The number of imidazole rings is 1. The van der Waals surface area contributed by atoms with E-state index in [-0.39, 0.29) is 11.9 Å². The number of aromatic nitrogens is 2. The van der Waals surface area contributed by atoms with Crippen molar-refractivity contribution in [3.8, 4) is 5.75 Å². The number of aryl methyl sites for hydroxylation is 1. The van der Waals surface area contributed by atoms with Gasteiger partial charge in [0, 0.05) is 24.0 Å². The lowest BCUT2D eigenvalue weighted by atomic mass is 10.1. The number of nitrogens with one attached hydrogen (secondary N) is 1. The third kappa shape index (κ3) is 3.57. The molecule has 1 aromatic carbocycles. The molecule has 0 saturated heterocycles. The second-order valence-electron chi connectivity index (χ2n) is 7.07. The van der Waals surface area contributed by atoms with Gasteiger partial charge in [0.2, 0.25) is 0 Å². The Morgan fingerprint density at radius 1 is 1.31 bits per heavy atom. The minimum absolute atomic E-state index is 0.0215. The Morgan fingerprint density at radius 3 is 2.77 bits per heavy atom. The summed E-state index contributed by atoms with van der Waals surface area (Å²) in [5.74, 6) is 1.35. The zero-order valence-electron chi connectivity index (χ0n) is 15.1. The average Bonchev–Trinajstić information content (AvgIpc) is 3.41. The number of amides is 1. The molecule has 2 heterocycles. The van der Waals surface area contributed by atoms with Crippen molar-refractivity contribution >= 4 is 11.6 Å². The molecule has 5 nitrogen and oxygen atoms in total. The Kier molecular flexibility index (Phi) is 4.37. The predicted octanol–water partition coefficient (Wildman–Crippen LogP) is 3.75. The van der Waals surface area contributed by atoms with Gasteiger partial charge in [-0.25, -0.2) is 4.98 Å². The van der Waals surface area contributed by atoms with Gasteiger partial charge in [-0.1, -0.05) is 6.07 Å². The Bertz CT molecular complexity index is 926. The van der Waals surface area contributed by atoms with Crippen molar-refractivity contribution in [2.45, 2.75) is 39.3 Å². The van der Waals surface area contributed by atoms with Gasteiger partial charge in [-0.15, -0.1) is 0 Å². The second-order valence-corrected chi connectivity index (χ2v) is 7.07. The van der Waals surface area contributed by atoms with Gasteiger partial charge in [0.15, 0.2) is 0 Å². The number of pyridine rings is 1. The monoisotopic (exact) mass is 349 g/mol. The van der Waals surface area contributed by atoms with Crippen LogP contribution in [-0.4, -0.2) is 21.3 Å². The molecule has 1 amide bonds. The van der Waals surface area contributed by atoms with Crippen molar-refractivity contribution in [3.05, 3.63) is 65.6 Å². The summed E-state index contributed by atoms with van der Waals surface area (Å²) in [6.45, 7) is 4.51. The summed E-state index contributed by atoms with van der Waals surface area (Å²) in [7, 11) is 0. The average molecular weight is 349 g/mol. The summed E-state index contributed by atoms with van der Waals surface area (Å²) in [6.07, 6.45) is 6.39. The van der Waals surface area contributed by atoms with Crippen molar-refractivity contribution in [1.29, 1.82) is 0 Å². The highest BCUT2D eigenvalue weighted by Gasteiger charge is 2.29. The molecule has 1 aliphatic carbocycles. The lowest BCUT2D eigenvalue weighted by molar-refractivity contribution is 0.0936. The molecule has 26 heavy (non-hydrogen) atoms. The lowest BCUT2D eigenvalue weighted by Crippen LogP contribution is -2.33. The third-order valence-electron chi connectivity index (χ3n) is 4.92. The van der Waals surface area contributed by atoms with Crippen LogP contribution in [-0.2, 0) is 6.61 Å². The molecule has 4 rings (SSSR count). The fourth-order valence-electron chi connectivity index (χ4n) is 3.14. The van der Waals surface area contributed by atoms with Gasteiger partial charge < -0.3 is 14.5 Å². The first-order valence-corrected chi connectivity index (χ1v) is 9.07. The number of carbonyl (C=O) groups excluding carboxylic acids is 1. The molecule has 0 radical (unpaired) electrons. The molecule has 2 aromatic heterocycles. The molecule has 134 valence electrons. The molecule has 1 aliphatic rings. The van der Waals surface area contributed by atoms with Gasteiger partial charge >= 0.3 is 0 Å². The molecule has 0 bridgehead atoms. The van der Waals surface area contributed by atoms with E-state index in [1.165, 1.54) is 12.8 Å². The van der Waals surface area contributed by atoms with E-state index in [1.807, 2.05) is 48.0 Å². The number of hydrogen-bond acceptors (Lipinski definition) is 3. The predicted molar refractivity (Wildman–Crippen MR) is 100 cm³/mol. The highest BCUT2D eigenvalue weighted by molar-refractivity contribution is 5.94. The van der Waals surface area contributed by atoms with Crippen LogP contribution in [0.3, 0.4) is 0 Å². The third-order valence-corrected chi connectivity index (χ3v) is 4.92. The van der Waals surface area contributed by atoms with Crippen LogP contribution in [0.15, 0.2) is 48.8 Å². The number of hydrogen-bond donors (Lipinski definition) is 1. The van der Waals surface area contributed by atoms with Crippen molar-refractivity contribution in [2.75, 3.05) is 0 Å². The summed E-state index contributed by atoms with van der Waals surface area (Å²) >= 11 is 0. The Morgan fingerprint density at radius 2 is 2.08 bits per heavy atom. The molecule has 1 saturated carbocycles. The van der Waals surface area contributed by atoms with Crippen LogP contribution in [0.4, 0.5) is 0 Å². The zero-order chi connectivity index (χ0) is 18.1. The molecule has 0 spiro atoms. The number of rotatable bonds is 6. The number of carbonyl (C=O) groups is 1. The van der Waals surface area contributed by atoms with E-state index < -0.39 is 0 Å². The minimum atomic E-state index is -0.0215. The lowest BCUT2D eigenvalue weighted by Gasteiger charge is -2.13. The van der Waals surface area contributed by atoms with Gasteiger partial charge in [-0.2, -0.15) is 0 Å². The summed E-state index contributed by atoms with van der Waals surface area (Å²) in [5.41, 5.74) is 3.62. The van der Waals surface area contributed by atoms with Crippen molar-refractivity contribution < 1.29 is 9.53 Å². The van der Waals surface area contributed by atoms with Crippen LogP contribution in [0.2, 0.25) is 0 Å². The maximum Gasteiger partial charge on any atom is 0.251 e. The first kappa shape index (κ1) is 16.6. The summed E-state index contributed by atoms with van der Waals surface area (Å²) in [5, 5.41) is 3.06. The van der Waals surface area contributed by atoms with Crippen molar-refractivity contribution in [3.63, 3.8) is 0 Å². The summed E-state index contributed by atoms with van der Waals surface area (Å²) < 4.78 is 7.82. The highest BCUT2D eigenvalue weighted by atomic mass is 16.5. The quantitative estimate of drug-likeness (QED) is 0.737. The number of benzene rings is 1. The number of fused-ring (bicyclic) bond motifs is 1. The molecule has 1 unspecified atom stereocenters. The van der Waals surface area contributed by atoms with Gasteiger partial charge in [0.05, 0.1) is 5.69 Å². The van der Waals surface area contributed by atoms with E-state index in [0.717, 1.165) is 22.7 Å². The van der Waals surface area contributed by atoms with Gasteiger partial charge in [-0.05, 0) is 68.5 Å². The van der Waals surface area contributed by atoms with Crippen molar-refractivity contribution in [2.24, 2.45) is 5.92 Å². The molecule has 5 heteroatoms. The van der Waals surface area contributed by atoms with Gasteiger partial charge in [0.1, 0.15) is 18.0 Å². The highest BCUT2D eigenvalue weighted by Crippen LogP contribution is 2.32. The molecule has 3 aromatic rings. The standard InChI is InChI=1S/C21H23N3O2/c1-14-4-3-11-24-12-18(23-20(14)24)13-26-19-9-7-17(8-10-19)21(25)22-15(2)16-5-6-16/h3-4,7-12,15-16H,5-6,13H2,1-2H3,(H,22,25). The number of nitrogens with zero attached hydrogens (tertiary/aromatic N) is 2. The molecular weight excluding hydrogens is 326 g/mol. The van der Waals surface area contributed by atoms with Crippen molar-refractivity contribution in [1.82, 2.24) is 14.7 Å². The van der Waals surface area contributed by atoms with E-state index in [2.05, 4.69) is 17.2 Å². The fraction of sp³-hybridized carbons (Fsp3) is 0.333. The van der Waals surface area contributed by atoms with E-state index >= 15 is 0 Å². The minimum Gasteiger partial charge on any atom is -0.487 e. The second kappa shape index (κ2) is 6.83. The van der Waals surface area contributed by atoms with Crippen LogP contribution in [0.5, 0.6) is 5.75 Å². The van der Waals surface area contributed by atoms with Gasteiger partial charge in [0.25, 0.3) is 5.91 Å². The Labute approximate surface area is 153 Å². The molecule has 1 fully saturated rings. The van der Waals surface area contributed by atoms with Crippen LogP contribution in [0, 0.1) is 12.8 Å². The van der Waals surface area contributed by atoms with Crippen LogP contribution < -0.4 is 10.1 Å². The molecule has 1 N–H and O–H groups in total. The zero-order valence-corrected chi connectivity index (χ0v) is 15.1. The maximum atomic E-state index is 12.2. The van der Waals surface area contributed by atoms with Crippen LogP contribution >= 0.6 is 0 Å². The molecule has 1 atom stereocenters. The topological polar surface area (TPSA) is 55.6 Å². The van der Waals surface area contributed by atoms with E-state index in [4.69, 9.17) is 4.74 Å². The van der Waals surface area contributed by atoms with Crippen LogP contribution in [0.25, 0.3) is 5.65 Å². The van der Waals surface area contributed by atoms with E-state index in [1.54, 1.807) is 12.1 Å². The normalized spacial score (nSPS) is 15.0. The SMILES string of the molecule is Cc1cccn2cc(COc3ccc(C(=O)NC(C)C4CC4)cc3)nc12. The molecule has 0 aliphatic heterocycles. The van der Waals surface area contributed by atoms with Crippen LogP contribution in [0.1, 0.15) is 41.4 Å². The Hall–Kier alpha value is -2.82. The largest absolute Gasteiger partial charge is 0.487 e. The first-order chi connectivity index (χ1) is 12.6. The summed E-state index contributed by atoms with van der Waals surface area (Å²) in [6, 6.07) is 11.6. The number of ether oxygens (including phenoxy) is 1. The smallest absolute Gasteiger partial charge is 0.251 e.